The van der Waals surface area contributed by atoms with Crippen LogP contribution in [0.25, 0.3) is 11.0 Å². The number of aromatic nitrogens is 2. The summed E-state index contributed by atoms with van der Waals surface area (Å²) in [6.45, 7) is 5.45. The first-order valence-corrected chi connectivity index (χ1v) is 10.9. The van der Waals surface area contributed by atoms with Crippen LogP contribution in [0.5, 0.6) is 0 Å². The summed E-state index contributed by atoms with van der Waals surface area (Å²) in [5, 5.41) is 3.09. The van der Waals surface area contributed by atoms with E-state index in [1.54, 1.807) is 0 Å². The largest absolute Gasteiger partial charge is 0.345 e. The van der Waals surface area contributed by atoms with Crippen molar-refractivity contribution < 1.29 is 4.79 Å². The van der Waals surface area contributed by atoms with Crippen LogP contribution in [-0.2, 0) is 13.1 Å². The maximum Gasteiger partial charge on any atom is 0.251 e. The molecule has 0 radical (unpaired) electrons. The van der Waals surface area contributed by atoms with Crippen molar-refractivity contribution in [2.75, 3.05) is 0 Å². The van der Waals surface area contributed by atoms with Crippen molar-refractivity contribution in [1.82, 2.24) is 14.9 Å². The quantitative estimate of drug-likeness (QED) is 0.600. The fourth-order valence-corrected chi connectivity index (χ4v) is 4.62. The second-order valence-electron chi connectivity index (χ2n) is 8.46. The Morgan fingerprint density at radius 2 is 1.90 bits per heavy atom. The number of benzene rings is 2. The van der Waals surface area contributed by atoms with Gasteiger partial charge >= 0.3 is 0 Å². The third-order valence-electron chi connectivity index (χ3n) is 6.25. The maximum absolute atomic E-state index is 12.7. The highest BCUT2D eigenvalue weighted by molar-refractivity contribution is 5.95. The molecule has 1 fully saturated rings. The first-order valence-electron chi connectivity index (χ1n) is 10.9. The van der Waals surface area contributed by atoms with E-state index in [-0.39, 0.29) is 5.91 Å². The van der Waals surface area contributed by atoms with Crippen molar-refractivity contribution in [3.05, 3.63) is 65.0 Å². The topological polar surface area (TPSA) is 46.9 Å². The van der Waals surface area contributed by atoms with Crippen LogP contribution in [0.3, 0.4) is 0 Å². The van der Waals surface area contributed by atoms with Gasteiger partial charge in [-0.15, -0.1) is 0 Å². The Hall–Kier alpha value is -2.62. The summed E-state index contributed by atoms with van der Waals surface area (Å²) in [7, 11) is 0. The van der Waals surface area contributed by atoms with Crippen LogP contribution in [-0.4, -0.2) is 15.5 Å². The first-order chi connectivity index (χ1) is 14.1. The lowest BCUT2D eigenvalue weighted by Gasteiger charge is -2.22. The molecule has 1 aromatic heterocycles. The highest BCUT2D eigenvalue weighted by Crippen LogP contribution is 2.28. The van der Waals surface area contributed by atoms with E-state index in [9.17, 15) is 4.79 Å². The van der Waals surface area contributed by atoms with Crippen LogP contribution >= 0.6 is 0 Å². The molecule has 29 heavy (non-hydrogen) atoms. The lowest BCUT2D eigenvalue weighted by molar-refractivity contribution is 0.0949. The van der Waals surface area contributed by atoms with Gasteiger partial charge in [-0.2, -0.15) is 0 Å². The summed E-state index contributed by atoms with van der Waals surface area (Å²) >= 11 is 0. The molecule has 4 heteroatoms. The fraction of sp³-hybridized carbons (Fsp3) is 0.440. The molecule has 1 aliphatic carbocycles. The third kappa shape index (κ3) is 4.52. The molecule has 152 valence electrons. The smallest absolute Gasteiger partial charge is 0.251 e. The monoisotopic (exact) mass is 389 g/mol. The number of para-hydroxylation sites is 2. The molecule has 0 aliphatic heterocycles. The van der Waals surface area contributed by atoms with Crippen molar-refractivity contribution in [2.24, 2.45) is 5.92 Å². The molecule has 0 bridgehead atoms. The van der Waals surface area contributed by atoms with Gasteiger partial charge in [-0.3, -0.25) is 4.79 Å². The van der Waals surface area contributed by atoms with Crippen molar-refractivity contribution in [1.29, 1.82) is 0 Å². The molecule has 0 atom stereocenters. The molecule has 3 aromatic rings. The lowest BCUT2D eigenvalue weighted by Crippen LogP contribution is -2.25. The molecule has 0 saturated heterocycles. The Bertz CT molecular complexity index is 998. The molecule has 1 N–H and O–H groups in total. The van der Waals surface area contributed by atoms with E-state index in [0.29, 0.717) is 6.54 Å². The molecule has 4 nitrogen and oxygen atoms in total. The molecule has 4 rings (SSSR count). The Labute approximate surface area is 173 Å². The van der Waals surface area contributed by atoms with Crippen molar-refractivity contribution in [3.8, 4) is 0 Å². The van der Waals surface area contributed by atoms with Gasteiger partial charge in [0.15, 0.2) is 0 Å². The highest BCUT2D eigenvalue weighted by Gasteiger charge is 2.17. The van der Waals surface area contributed by atoms with Gasteiger partial charge in [-0.25, -0.2) is 4.98 Å². The van der Waals surface area contributed by atoms with Crippen LogP contribution in [0.1, 0.15) is 65.8 Å². The number of imidazole rings is 1. The zero-order chi connectivity index (χ0) is 20.2. The van der Waals surface area contributed by atoms with Gasteiger partial charge in [-0.05, 0) is 49.9 Å². The molecule has 1 saturated carbocycles. The van der Waals surface area contributed by atoms with Crippen LogP contribution in [0.15, 0.2) is 42.5 Å². The predicted molar refractivity (Wildman–Crippen MR) is 118 cm³/mol. The molecule has 2 aromatic carbocycles. The zero-order valence-electron chi connectivity index (χ0n) is 17.6. The molecule has 1 amide bonds. The highest BCUT2D eigenvalue weighted by atomic mass is 16.1. The van der Waals surface area contributed by atoms with Gasteiger partial charge in [0.1, 0.15) is 5.82 Å². The first kappa shape index (κ1) is 19.7. The van der Waals surface area contributed by atoms with E-state index in [0.717, 1.165) is 34.9 Å². The molecular weight excluding hydrogens is 358 g/mol. The normalized spacial score (nSPS) is 15.0. The zero-order valence-corrected chi connectivity index (χ0v) is 17.6. The maximum atomic E-state index is 12.7. The fourth-order valence-electron chi connectivity index (χ4n) is 4.62. The average Bonchev–Trinajstić information content (AvgIpc) is 3.09. The van der Waals surface area contributed by atoms with E-state index in [1.165, 1.54) is 49.6 Å². The molecule has 0 unspecified atom stereocenters. The summed E-state index contributed by atoms with van der Waals surface area (Å²) in [4.78, 5) is 17.6. The summed E-state index contributed by atoms with van der Waals surface area (Å²) < 4.78 is 2.31. The number of carbonyl (C=O) groups is 1. The molecule has 1 heterocycles. The number of carbonyl (C=O) groups excluding carboxylic acids is 1. The number of nitrogens with one attached hydrogen (secondary N) is 1. The standard InChI is InChI=1S/C25H31N3O/c1-18-12-13-21(19(2)16-18)25(29)26-17-24-27-22-10-6-7-11-23(22)28(24)15-14-20-8-4-3-5-9-20/h6-7,10-13,16,20H,3-5,8-9,14-15,17H2,1-2H3,(H,26,29). The molecule has 1 aliphatic rings. The van der Waals surface area contributed by atoms with E-state index in [1.807, 2.05) is 38.1 Å². The van der Waals surface area contributed by atoms with Crippen LogP contribution in [0.2, 0.25) is 0 Å². The van der Waals surface area contributed by atoms with Crippen LogP contribution in [0, 0.1) is 19.8 Å². The number of hydrogen-bond acceptors (Lipinski definition) is 2. The second-order valence-corrected chi connectivity index (χ2v) is 8.46. The Morgan fingerprint density at radius 1 is 1.10 bits per heavy atom. The van der Waals surface area contributed by atoms with Gasteiger partial charge in [-0.1, -0.05) is 61.9 Å². The summed E-state index contributed by atoms with van der Waals surface area (Å²) in [5.74, 6) is 1.73. The number of fused-ring (bicyclic) bond motifs is 1. The van der Waals surface area contributed by atoms with E-state index < -0.39 is 0 Å². The van der Waals surface area contributed by atoms with Crippen molar-refractivity contribution >= 4 is 16.9 Å². The summed E-state index contributed by atoms with van der Waals surface area (Å²) in [6.07, 6.45) is 8.03. The van der Waals surface area contributed by atoms with Crippen molar-refractivity contribution in [3.63, 3.8) is 0 Å². The number of aryl methyl sites for hydroxylation is 3. The van der Waals surface area contributed by atoms with Gasteiger partial charge < -0.3 is 9.88 Å². The summed E-state index contributed by atoms with van der Waals surface area (Å²) in [5.41, 5.74) is 5.09. The van der Waals surface area contributed by atoms with Gasteiger partial charge in [0, 0.05) is 12.1 Å². The minimum atomic E-state index is -0.0339. The van der Waals surface area contributed by atoms with Crippen LogP contribution in [0.4, 0.5) is 0 Å². The number of hydrogen-bond donors (Lipinski definition) is 1. The third-order valence-corrected chi connectivity index (χ3v) is 6.25. The second kappa shape index (κ2) is 8.81. The van der Waals surface area contributed by atoms with Gasteiger partial charge in [0.25, 0.3) is 5.91 Å². The van der Waals surface area contributed by atoms with E-state index >= 15 is 0 Å². The van der Waals surface area contributed by atoms with Gasteiger partial charge in [0.2, 0.25) is 0 Å². The lowest BCUT2D eigenvalue weighted by atomic mass is 9.87. The predicted octanol–water partition coefficient (Wildman–Crippen LogP) is 5.55. The van der Waals surface area contributed by atoms with E-state index in [4.69, 9.17) is 4.98 Å². The van der Waals surface area contributed by atoms with Crippen LogP contribution < -0.4 is 5.32 Å². The SMILES string of the molecule is Cc1ccc(C(=O)NCc2nc3ccccc3n2CCC2CCCCC2)c(C)c1. The molecular formula is C25H31N3O. The number of nitrogens with zero attached hydrogens (tertiary/aromatic N) is 2. The molecule has 0 spiro atoms. The van der Waals surface area contributed by atoms with E-state index in [2.05, 4.69) is 28.1 Å². The minimum Gasteiger partial charge on any atom is -0.345 e. The Balaban J connectivity index is 1.50. The summed E-state index contributed by atoms with van der Waals surface area (Å²) in [6, 6.07) is 14.2. The minimum absolute atomic E-state index is 0.0339. The van der Waals surface area contributed by atoms with Gasteiger partial charge in [0.05, 0.1) is 17.6 Å². The Morgan fingerprint density at radius 3 is 2.69 bits per heavy atom. The number of rotatable bonds is 6. The number of amides is 1. The Kier molecular flexibility index (Phi) is 5.98. The average molecular weight is 390 g/mol. The van der Waals surface area contributed by atoms with Crippen molar-refractivity contribution in [2.45, 2.75) is 65.5 Å².